The second kappa shape index (κ2) is 5.85. The molecule has 2 aromatic rings. The summed E-state index contributed by atoms with van der Waals surface area (Å²) in [5.74, 6) is -0.400. The number of fused-ring (bicyclic) bond motifs is 1. The number of aromatic nitrogens is 1. The molecule has 1 aromatic heterocycles. The van der Waals surface area contributed by atoms with Crippen molar-refractivity contribution in [2.24, 2.45) is 0 Å². The van der Waals surface area contributed by atoms with Gasteiger partial charge in [-0.05, 0) is 38.3 Å². The van der Waals surface area contributed by atoms with Gasteiger partial charge in [-0.1, -0.05) is 12.1 Å². The number of rotatable bonds is 4. The molecular formula is C16H17NO3S. The van der Waals surface area contributed by atoms with Gasteiger partial charge in [-0.2, -0.15) is 0 Å². The van der Waals surface area contributed by atoms with E-state index in [-0.39, 0.29) is 0 Å². The van der Waals surface area contributed by atoms with Crippen molar-refractivity contribution in [1.82, 2.24) is 4.98 Å². The molecule has 0 saturated carbocycles. The summed E-state index contributed by atoms with van der Waals surface area (Å²) in [4.78, 5) is 17.1. The van der Waals surface area contributed by atoms with Gasteiger partial charge in [0.15, 0.2) is 0 Å². The Bertz CT molecular complexity index is 665. The molecule has 1 N–H and O–H groups in total. The molecule has 0 bridgehead atoms. The minimum Gasteiger partial charge on any atom is -0.494 e. The Kier molecular flexibility index (Phi) is 3.92. The van der Waals surface area contributed by atoms with Crippen molar-refractivity contribution in [2.45, 2.75) is 32.1 Å². The molecule has 3 rings (SSSR count). The Labute approximate surface area is 127 Å². The first kappa shape index (κ1) is 14.1. The monoisotopic (exact) mass is 303 g/mol. The molecule has 1 atom stereocenters. The largest absolute Gasteiger partial charge is 0.494 e. The first-order chi connectivity index (χ1) is 10.2. The molecule has 0 amide bonds. The molecule has 1 aromatic carbocycles. The number of hydrogen-bond donors (Lipinski definition) is 1. The van der Waals surface area contributed by atoms with E-state index in [0.29, 0.717) is 13.0 Å². The van der Waals surface area contributed by atoms with Crippen LogP contribution in [0.15, 0.2) is 24.3 Å². The molecular weight excluding hydrogens is 286 g/mol. The van der Waals surface area contributed by atoms with Crippen molar-refractivity contribution >= 4 is 17.3 Å². The van der Waals surface area contributed by atoms with Crippen LogP contribution in [0.5, 0.6) is 5.75 Å². The number of ether oxygens (including phenoxy) is 1. The van der Waals surface area contributed by atoms with Gasteiger partial charge in [0.25, 0.3) is 0 Å². The molecule has 1 aliphatic carbocycles. The third-order valence-corrected chi connectivity index (χ3v) is 4.82. The summed E-state index contributed by atoms with van der Waals surface area (Å²) in [7, 11) is 0. The normalized spacial score (nSPS) is 17.3. The molecule has 1 heterocycles. The predicted molar refractivity (Wildman–Crippen MR) is 82.0 cm³/mol. The Morgan fingerprint density at radius 3 is 3.14 bits per heavy atom. The number of hydrogen-bond acceptors (Lipinski definition) is 4. The zero-order valence-corrected chi connectivity index (χ0v) is 12.7. The number of nitrogens with zero attached hydrogens (tertiary/aromatic N) is 1. The lowest BCUT2D eigenvalue weighted by atomic mass is 9.91. The average Bonchev–Trinajstić information content (AvgIpc) is 2.91. The van der Waals surface area contributed by atoms with Crippen molar-refractivity contribution in [3.63, 3.8) is 0 Å². The smallest absolute Gasteiger partial charge is 0.312 e. The summed E-state index contributed by atoms with van der Waals surface area (Å²) in [6, 6.07) is 7.81. The second-order valence-electron chi connectivity index (χ2n) is 5.07. The van der Waals surface area contributed by atoms with Gasteiger partial charge in [-0.25, -0.2) is 4.98 Å². The van der Waals surface area contributed by atoms with E-state index < -0.39 is 11.9 Å². The van der Waals surface area contributed by atoms with Crippen LogP contribution < -0.4 is 4.74 Å². The summed E-state index contributed by atoms with van der Waals surface area (Å²) in [5.41, 5.74) is 1.75. The Hall–Kier alpha value is -1.88. The van der Waals surface area contributed by atoms with E-state index in [1.54, 1.807) is 11.3 Å². The van der Waals surface area contributed by atoms with Crippen LogP contribution in [0.4, 0.5) is 0 Å². The number of aliphatic carboxylic acids is 1. The van der Waals surface area contributed by atoms with Gasteiger partial charge in [-0.15, -0.1) is 11.3 Å². The minimum atomic E-state index is -0.768. The van der Waals surface area contributed by atoms with Gasteiger partial charge >= 0.3 is 5.97 Å². The van der Waals surface area contributed by atoms with Crippen LogP contribution in [-0.4, -0.2) is 22.7 Å². The number of thiazole rings is 1. The number of aryl methyl sites for hydroxylation is 1. The van der Waals surface area contributed by atoms with Crippen molar-refractivity contribution in [2.75, 3.05) is 6.61 Å². The predicted octanol–water partition coefficient (Wildman–Crippen LogP) is 3.71. The van der Waals surface area contributed by atoms with E-state index in [0.717, 1.165) is 39.7 Å². The summed E-state index contributed by atoms with van der Waals surface area (Å²) < 4.78 is 5.51. The number of carboxylic acids is 1. The van der Waals surface area contributed by atoms with E-state index in [2.05, 4.69) is 4.98 Å². The molecule has 1 aliphatic rings. The third-order valence-electron chi connectivity index (χ3n) is 3.64. The first-order valence-electron chi connectivity index (χ1n) is 7.14. The molecule has 0 fully saturated rings. The van der Waals surface area contributed by atoms with Crippen LogP contribution in [0.1, 0.15) is 36.3 Å². The van der Waals surface area contributed by atoms with Crippen molar-refractivity contribution in [1.29, 1.82) is 0 Å². The van der Waals surface area contributed by atoms with Crippen molar-refractivity contribution in [3.8, 4) is 16.3 Å². The van der Waals surface area contributed by atoms with E-state index in [4.69, 9.17) is 4.74 Å². The second-order valence-corrected chi connectivity index (χ2v) is 6.15. The zero-order chi connectivity index (χ0) is 14.8. The van der Waals surface area contributed by atoms with Gasteiger partial charge in [0, 0.05) is 10.4 Å². The van der Waals surface area contributed by atoms with Gasteiger partial charge in [-0.3, -0.25) is 4.79 Å². The Balaban J connectivity index is 1.97. The minimum absolute atomic E-state index is 0.450. The van der Waals surface area contributed by atoms with Crippen LogP contribution in [0, 0.1) is 0 Å². The fourth-order valence-electron chi connectivity index (χ4n) is 2.67. The maximum Gasteiger partial charge on any atom is 0.312 e. The summed E-state index contributed by atoms with van der Waals surface area (Å²) in [6.07, 6.45) is 2.54. The van der Waals surface area contributed by atoms with Crippen LogP contribution in [0.3, 0.4) is 0 Å². The van der Waals surface area contributed by atoms with E-state index in [1.165, 1.54) is 0 Å². The highest BCUT2D eigenvalue weighted by Gasteiger charge is 2.30. The molecule has 5 heteroatoms. The lowest BCUT2D eigenvalue weighted by Gasteiger charge is -2.16. The fraction of sp³-hybridized carbons (Fsp3) is 0.375. The highest BCUT2D eigenvalue weighted by atomic mass is 32.1. The van der Waals surface area contributed by atoms with Crippen LogP contribution in [0.25, 0.3) is 10.6 Å². The SMILES string of the molecule is CCOc1cccc(-c2nc3c(s2)CCCC3C(=O)O)c1. The van der Waals surface area contributed by atoms with E-state index in [9.17, 15) is 9.90 Å². The maximum atomic E-state index is 11.3. The standard InChI is InChI=1S/C16H17NO3S/c1-2-20-11-6-3-5-10(9-11)15-17-14-12(16(18)19)7-4-8-13(14)21-15/h3,5-6,9,12H,2,4,7-8H2,1H3,(H,18,19). The molecule has 0 radical (unpaired) electrons. The lowest BCUT2D eigenvalue weighted by Crippen LogP contribution is -2.17. The van der Waals surface area contributed by atoms with Crippen molar-refractivity contribution < 1.29 is 14.6 Å². The van der Waals surface area contributed by atoms with Crippen LogP contribution in [0.2, 0.25) is 0 Å². The molecule has 4 nitrogen and oxygen atoms in total. The molecule has 0 spiro atoms. The topological polar surface area (TPSA) is 59.4 Å². The highest BCUT2D eigenvalue weighted by Crippen LogP contribution is 2.38. The molecule has 21 heavy (non-hydrogen) atoms. The molecule has 1 unspecified atom stereocenters. The van der Waals surface area contributed by atoms with Gasteiger partial charge in [0.2, 0.25) is 0 Å². The van der Waals surface area contributed by atoms with E-state index in [1.807, 2.05) is 31.2 Å². The molecule has 0 aliphatic heterocycles. The summed E-state index contributed by atoms with van der Waals surface area (Å²) >= 11 is 1.61. The van der Waals surface area contributed by atoms with Gasteiger partial charge in [0.1, 0.15) is 10.8 Å². The maximum absolute atomic E-state index is 11.3. The van der Waals surface area contributed by atoms with Crippen LogP contribution in [-0.2, 0) is 11.2 Å². The number of benzene rings is 1. The molecule has 0 saturated heterocycles. The first-order valence-corrected chi connectivity index (χ1v) is 7.96. The number of carbonyl (C=O) groups is 1. The van der Waals surface area contributed by atoms with E-state index >= 15 is 0 Å². The Morgan fingerprint density at radius 1 is 1.52 bits per heavy atom. The fourth-order valence-corrected chi connectivity index (χ4v) is 3.83. The number of carboxylic acid groups (broad SMARTS) is 1. The zero-order valence-electron chi connectivity index (χ0n) is 11.8. The third kappa shape index (κ3) is 2.78. The van der Waals surface area contributed by atoms with Gasteiger partial charge < -0.3 is 9.84 Å². The molecule has 110 valence electrons. The Morgan fingerprint density at radius 2 is 2.38 bits per heavy atom. The summed E-state index contributed by atoms with van der Waals surface area (Å²) in [6.45, 7) is 2.57. The van der Waals surface area contributed by atoms with Crippen LogP contribution >= 0.6 is 11.3 Å². The van der Waals surface area contributed by atoms with Gasteiger partial charge in [0.05, 0.1) is 18.2 Å². The quantitative estimate of drug-likeness (QED) is 0.935. The van der Waals surface area contributed by atoms with Crippen molar-refractivity contribution in [3.05, 3.63) is 34.8 Å². The lowest BCUT2D eigenvalue weighted by molar-refractivity contribution is -0.139. The average molecular weight is 303 g/mol. The highest BCUT2D eigenvalue weighted by molar-refractivity contribution is 7.15. The summed E-state index contributed by atoms with van der Waals surface area (Å²) in [5, 5.41) is 10.2.